The van der Waals surface area contributed by atoms with E-state index in [0.717, 1.165) is 37.2 Å². The minimum Gasteiger partial charge on any atom is -0.320 e. The highest BCUT2D eigenvalue weighted by molar-refractivity contribution is 8.04. The maximum atomic E-state index is 13.9. The third-order valence-electron chi connectivity index (χ3n) is 5.11. The molecular formula is C24H29FN3O2S+. The molecule has 7 heteroatoms. The zero-order valence-electron chi connectivity index (χ0n) is 18.0. The van der Waals surface area contributed by atoms with Crippen molar-refractivity contribution in [1.29, 1.82) is 0 Å². The molecule has 2 aromatic carbocycles. The summed E-state index contributed by atoms with van der Waals surface area (Å²) in [5.74, 6) is -0.837. The number of carbonyl (C=O) groups is 2. The average molecular weight is 443 g/mol. The molecule has 1 atom stereocenters. The van der Waals surface area contributed by atoms with E-state index in [9.17, 15) is 14.0 Å². The Kier molecular flexibility index (Phi) is 8.26. The molecule has 1 unspecified atom stereocenters. The topological polar surface area (TPSA) is 62.6 Å². The summed E-state index contributed by atoms with van der Waals surface area (Å²) in [6, 6.07) is 11.6. The lowest BCUT2D eigenvalue weighted by atomic mass is 10.1. The normalized spacial score (nSPS) is 15.3. The van der Waals surface area contributed by atoms with E-state index in [0.29, 0.717) is 28.4 Å². The van der Waals surface area contributed by atoms with Gasteiger partial charge in [0.15, 0.2) is 6.67 Å². The van der Waals surface area contributed by atoms with E-state index in [2.05, 4.69) is 24.5 Å². The molecule has 3 N–H and O–H groups in total. The summed E-state index contributed by atoms with van der Waals surface area (Å²) in [6.45, 7) is 6.96. The van der Waals surface area contributed by atoms with Crippen LogP contribution >= 0.6 is 11.8 Å². The second-order valence-electron chi connectivity index (χ2n) is 7.58. The lowest BCUT2D eigenvalue weighted by Crippen LogP contribution is -3.13. The SMILES string of the molecule is CCCC[NH+](CCC)CNC(=O)c1ccc2c(c1)NC(=O)C(=Cc1ccccc1F)S2. The number of thioether (sulfide) groups is 1. The number of hydrogen-bond donors (Lipinski definition) is 3. The molecule has 0 radical (unpaired) electrons. The summed E-state index contributed by atoms with van der Waals surface area (Å²) >= 11 is 1.27. The van der Waals surface area contributed by atoms with Crippen LogP contribution in [0.3, 0.4) is 0 Å². The number of unbranched alkanes of at least 4 members (excludes halogenated alkanes) is 1. The van der Waals surface area contributed by atoms with Crippen LogP contribution in [0.2, 0.25) is 0 Å². The van der Waals surface area contributed by atoms with Gasteiger partial charge in [-0.05, 0) is 43.2 Å². The fourth-order valence-electron chi connectivity index (χ4n) is 3.42. The number of rotatable bonds is 9. The first-order chi connectivity index (χ1) is 15.0. The van der Waals surface area contributed by atoms with E-state index < -0.39 is 0 Å². The second kappa shape index (κ2) is 11.1. The highest BCUT2D eigenvalue weighted by atomic mass is 32.2. The molecule has 2 aromatic rings. The highest BCUT2D eigenvalue weighted by Crippen LogP contribution is 2.39. The van der Waals surface area contributed by atoms with Crippen molar-refractivity contribution in [2.75, 3.05) is 25.1 Å². The number of carbonyl (C=O) groups excluding carboxylic acids is 2. The minimum absolute atomic E-state index is 0.153. The smallest absolute Gasteiger partial charge is 0.262 e. The van der Waals surface area contributed by atoms with Crippen molar-refractivity contribution in [2.45, 2.75) is 38.0 Å². The predicted octanol–water partition coefficient (Wildman–Crippen LogP) is 3.69. The van der Waals surface area contributed by atoms with Gasteiger partial charge in [-0.1, -0.05) is 50.2 Å². The molecule has 0 saturated carbocycles. The Hall–Kier alpha value is -2.64. The lowest BCUT2D eigenvalue weighted by molar-refractivity contribution is -0.902. The number of fused-ring (bicyclic) bond motifs is 1. The van der Waals surface area contributed by atoms with E-state index in [4.69, 9.17) is 0 Å². The molecule has 1 aliphatic heterocycles. The van der Waals surface area contributed by atoms with Crippen molar-refractivity contribution in [3.63, 3.8) is 0 Å². The van der Waals surface area contributed by atoms with Gasteiger partial charge in [-0.15, -0.1) is 0 Å². The van der Waals surface area contributed by atoms with Gasteiger partial charge in [-0.3, -0.25) is 9.59 Å². The molecule has 3 rings (SSSR count). The number of amides is 2. The lowest BCUT2D eigenvalue weighted by Gasteiger charge is -2.21. The Morgan fingerprint density at radius 3 is 2.71 bits per heavy atom. The van der Waals surface area contributed by atoms with Gasteiger partial charge < -0.3 is 15.5 Å². The van der Waals surface area contributed by atoms with Gasteiger partial charge in [0.05, 0.1) is 23.7 Å². The second-order valence-corrected chi connectivity index (χ2v) is 8.67. The van der Waals surface area contributed by atoms with Gasteiger partial charge in [-0.2, -0.15) is 0 Å². The monoisotopic (exact) mass is 442 g/mol. The van der Waals surface area contributed by atoms with Crippen LogP contribution in [0.15, 0.2) is 52.3 Å². The quantitative estimate of drug-likeness (QED) is 0.410. The summed E-state index contributed by atoms with van der Waals surface area (Å²) in [5.41, 5.74) is 1.46. The molecule has 5 nitrogen and oxygen atoms in total. The Labute approximate surface area is 187 Å². The van der Waals surface area contributed by atoms with Crippen molar-refractivity contribution in [2.24, 2.45) is 0 Å². The van der Waals surface area contributed by atoms with Crippen LogP contribution in [0.4, 0.5) is 10.1 Å². The standard InChI is InChI=1S/C24H28FN3O2S/c1-3-5-13-28(12-4-2)16-26-23(29)18-10-11-21-20(14-18)27-24(30)22(31-21)15-17-8-6-7-9-19(17)25/h6-11,14-15H,3-5,12-13,16H2,1-2H3,(H,26,29)(H,27,30)/p+1. The van der Waals surface area contributed by atoms with Crippen LogP contribution in [0.1, 0.15) is 49.0 Å². The van der Waals surface area contributed by atoms with Crippen molar-refractivity contribution in [1.82, 2.24) is 5.32 Å². The summed E-state index contributed by atoms with van der Waals surface area (Å²) in [5, 5.41) is 5.83. The maximum absolute atomic E-state index is 13.9. The molecule has 0 aromatic heterocycles. The van der Waals surface area contributed by atoms with E-state index >= 15 is 0 Å². The van der Waals surface area contributed by atoms with E-state index in [1.54, 1.807) is 36.4 Å². The fraction of sp³-hybridized carbons (Fsp3) is 0.333. The molecule has 31 heavy (non-hydrogen) atoms. The Bertz CT molecular complexity index is 977. The third kappa shape index (κ3) is 6.18. The molecular weight excluding hydrogens is 413 g/mol. The minimum atomic E-state index is -0.376. The van der Waals surface area contributed by atoms with Gasteiger partial charge in [0, 0.05) is 16.0 Å². The van der Waals surface area contributed by atoms with E-state index in [1.807, 2.05) is 6.07 Å². The summed E-state index contributed by atoms with van der Waals surface area (Å²) in [7, 11) is 0. The molecule has 0 saturated heterocycles. The van der Waals surface area contributed by atoms with Crippen LogP contribution in [0.25, 0.3) is 6.08 Å². The predicted molar refractivity (Wildman–Crippen MR) is 124 cm³/mol. The first kappa shape index (κ1) is 23.0. The van der Waals surface area contributed by atoms with Gasteiger partial charge >= 0.3 is 0 Å². The van der Waals surface area contributed by atoms with Crippen LogP contribution < -0.4 is 15.5 Å². The summed E-state index contributed by atoms with van der Waals surface area (Å²) in [4.78, 5) is 27.7. The molecule has 164 valence electrons. The summed E-state index contributed by atoms with van der Waals surface area (Å²) in [6.07, 6.45) is 4.88. The van der Waals surface area contributed by atoms with Crippen LogP contribution in [-0.4, -0.2) is 31.6 Å². The van der Waals surface area contributed by atoms with Gasteiger partial charge in [0.1, 0.15) is 5.82 Å². The van der Waals surface area contributed by atoms with Gasteiger partial charge in [0.2, 0.25) is 0 Å². The van der Waals surface area contributed by atoms with Crippen LogP contribution in [0.5, 0.6) is 0 Å². The molecule has 2 amide bonds. The number of nitrogens with one attached hydrogen (secondary N) is 3. The van der Waals surface area contributed by atoms with Gasteiger partial charge in [0.25, 0.3) is 11.8 Å². The Morgan fingerprint density at radius 1 is 1.16 bits per heavy atom. The zero-order valence-corrected chi connectivity index (χ0v) is 18.8. The first-order valence-electron chi connectivity index (χ1n) is 10.7. The van der Waals surface area contributed by atoms with Crippen LogP contribution in [0, 0.1) is 5.82 Å². The Balaban J connectivity index is 1.69. The van der Waals surface area contributed by atoms with Crippen molar-refractivity contribution < 1.29 is 18.9 Å². The number of benzene rings is 2. The number of halogens is 1. The third-order valence-corrected chi connectivity index (χ3v) is 6.21. The zero-order chi connectivity index (χ0) is 22.2. The largest absolute Gasteiger partial charge is 0.320 e. The number of quaternary nitrogens is 1. The van der Waals surface area contributed by atoms with Crippen molar-refractivity contribution in [3.05, 3.63) is 64.3 Å². The van der Waals surface area contributed by atoms with Crippen molar-refractivity contribution in [3.8, 4) is 0 Å². The molecule has 0 aliphatic carbocycles. The maximum Gasteiger partial charge on any atom is 0.262 e. The number of anilines is 1. The van der Waals surface area contributed by atoms with Crippen LogP contribution in [-0.2, 0) is 4.79 Å². The molecule has 1 heterocycles. The van der Waals surface area contributed by atoms with Gasteiger partial charge in [-0.25, -0.2) is 4.39 Å². The molecule has 0 fully saturated rings. The Morgan fingerprint density at radius 2 is 1.97 bits per heavy atom. The van der Waals surface area contributed by atoms with E-state index in [1.165, 1.54) is 22.7 Å². The van der Waals surface area contributed by atoms with Crippen molar-refractivity contribution >= 4 is 35.3 Å². The fourth-order valence-corrected chi connectivity index (χ4v) is 4.35. The highest BCUT2D eigenvalue weighted by Gasteiger charge is 2.23. The average Bonchev–Trinajstić information content (AvgIpc) is 2.77. The molecule has 1 aliphatic rings. The summed E-state index contributed by atoms with van der Waals surface area (Å²) < 4.78 is 13.9. The number of hydrogen-bond acceptors (Lipinski definition) is 3. The van der Waals surface area contributed by atoms with E-state index in [-0.39, 0.29) is 17.6 Å². The molecule has 0 spiro atoms. The molecule has 0 bridgehead atoms. The first-order valence-corrected chi connectivity index (χ1v) is 11.5.